The van der Waals surface area contributed by atoms with Gasteiger partial charge in [-0.05, 0) is 60.4 Å². The van der Waals surface area contributed by atoms with Gasteiger partial charge in [-0.25, -0.2) is 9.29 Å². The Morgan fingerprint density at radius 3 is 2.38 bits per heavy atom. The number of aryl methyl sites for hydroxylation is 2. The highest BCUT2D eigenvalue weighted by Crippen LogP contribution is 2.33. The molecule has 5 rings (SSSR count). The minimum absolute atomic E-state index is 0.298. The highest BCUT2D eigenvalue weighted by atomic mass is 32.2. The van der Waals surface area contributed by atoms with Gasteiger partial charge in [-0.3, -0.25) is 9.00 Å². The van der Waals surface area contributed by atoms with Gasteiger partial charge in [0.25, 0.3) is 5.91 Å². The number of fused-ring (bicyclic) bond motifs is 1. The van der Waals surface area contributed by atoms with Crippen molar-refractivity contribution in [3.63, 3.8) is 0 Å². The number of aromatic nitrogens is 2. The number of nitrogens with zero attached hydrogens (tertiary/aromatic N) is 3. The second kappa shape index (κ2) is 10.5. The number of hydrogen-bond donors (Lipinski definition) is 0. The van der Waals surface area contributed by atoms with Crippen molar-refractivity contribution in [1.82, 2.24) is 9.55 Å². The Morgan fingerprint density at radius 1 is 0.973 bits per heavy atom. The number of carbonyl (C=O) groups is 1. The summed E-state index contributed by atoms with van der Waals surface area (Å²) < 4.78 is 27.5. The average Bonchev–Trinajstić information content (AvgIpc) is 3.28. The molecule has 0 fully saturated rings. The van der Waals surface area contributed by atoms with Gasteiger partial charge in [0, 0.05) is 34.9 Å². The third-order valence-electron chi connectivity index (χ3n) is 6.55. The van der Waals surface area contributed by atoms with Gasteiger partial charge in [-0.2, -0.15) is 0 Å². The summed E-state index contributed by atoms with van der Waals surface area (Å²) in [6.07, 6.45) is 2.74. The predicted molar refractivity (Wildman–Crippen MR) is 147 cm³/mol. The zero-order chi connectivity index (χ0) is 25.9. The molecule has 2 heterocycles. The summed E-state index contributed by atoms with van der Waals surface area (Å²) in [5.41, 5.74) is 6.57. The van der Waals surface area contributed by atoms with E-state index in [0.29, 0.717) is 23.4 Å². The van der Waals surface area contributed by atoms with Crippen LogP contribution in [-0.4, -0.2) is 24.2 Å². The summed E-state index contributed by atoms with van der Waals surface area (Å²) in [7, 11) is 0. The molecule has 5 aromatic rings. The number of para-hydroxylation sites is 1. The molecule has 1 unspecified atom stereocenters. The van der Waals surface area contributed by atoms with Crippen molar-refractivity contribution < 1.29 is 13.6 Å². The lowest BCUT2D eigenvalue weighted by Gasteiger charge is -2.26. The van der Waals surface area contributed by atoms with Gasteiger partial charge in [0.05, 0.1) is 17.0 Å². The zero-order valence-electron chi connectivity index (χ0n) is 20.6. The normalized spacial score (nSPS) is 12.0. The quantitative estimate of drug-likeness (QED) is 0.250. The summed E-state index contributed by atoms with van der Waals surface area (Å²) >= 11 is -2.79. The largest absolute Gasteiger partial charge is 0.755 e. The molecular formula is C30H26N3O3S-. The van der Waals surface area contributed by atoms with E-state index >= 15 is 0 Å². The van der Waals surface area contributed by atoms with Crippen molar-refractivity contribution in [3.8, 4) is 11.1 Å². The Bertz CT molecular complexity index is 1590. The van der Waals surface area contributed by atoms with Crippen molar-refractivity contribution >= 4 is 33.9 Å². The van der Waals surface area contributed by atoms with Gasteiger partial charge in [-0.15, -0.1) is 0 Å². The minimum atomic E-state index is -2.79. The molecule has 3 aromatic carbocycles. The van der Waals surface area contributed by atoms with Crippen LogP contribution < -0.4 is 4.31 Å². The van der Waals surface area contributed by atoms with E-state index in [1.54, 1.807) is 42.5 Å². The van der Waals surface area contributed by atoms with Crippen LogP contribution in [0.2, 0.25) is 0 Å². The van der Waals surface area contributed by atoms with Crippen LogP contribution in [0, 0.1) is 6.92 Å². The van der Waals surface area contributed by atoms with Crippen molar-refractivity contribution in [2.75, 3.05) is 4.31 Å². The third kappa shape index (κ3) is 4.83. The third-order valence-corrected chi connectivity index (χ3v) is 7.21. The molecule has 0 saturated heterocycles. The Labute approximate surface area is 218 Å². The number of anilines is 1. The van der Waals surface area contributed by atoms with E-state index < -0.39 is 17.2 Å². The number of benzene rings is 3. The van der Waals surface area contributed by atoms with Gasteiger partial charge < -0.3 is 9.12 Å². The van der Waals surface area contributed by atoms with E-state index in [-0.39, 0.29) is 0 Å². The second-order valence-corrected chi connectivity index (χ2v) is 9.64. The molecule has 1 amide bonds. The maximum atomic E-state index is 13.1. The monoisotopic (exact) mass is 508 g/mol. The molecule has 0 aliphatic heterocycles. The molecule has 0 N–H and O–H groups in total. The predicted octanol–water partition coefficient (Wildman–Crippen LogP) is 6.06. The van der Waals surface area contributed by atoms with Crippen LogP contribution >= 0.6 is 0 Å². The molecule has 0 aliphatic rings. The van der Waals surface area contributed by atoms with E-state index in [9.17, 15) is 13.6 Å². The van der Waals surface area contributed by atoms with Gasteiger partial charge in [0.15, 0.2) is 0 Å². The minimum Gasteiger partial charge on any atom is -0.755 e. The number of pyridine rings is 1. The lowest BCUT2D eigenvalue weighted by atomic mass is 10.0. The molecule has 0 radical (unpaired) electrons. The molecule has 1 atom stereocenters. The standard InChI is InChI=1S/C30H27N3O3S/c1-3-25-19-27-21(2)17-18-31-29(27)32(25)20-22-13-15-23(16-14-22)26-11-7-8-12-28(26)33(37(35)36)30(34)24-9-5-4-6-10-24/h4-19H,3,20H2,1-2H3,(H,35,36)/p-1. The first kappa shape index (κ1) is 24.6. The molecule has 2 aromatic heterocycles. The smallest absolute Gasteiger partial charge is 0.269 e. The van der Waals surface area contributed by atoms with Crippen molar-refractivity contribution in [3.05, 3.63) is 120 Å². The van der Waals surface area contributed by atoms with Crippen LogP contribution in [0.3, 0.4) is 0 Å². The lowest BCUT2D eigenvalue weighted by molar-refractivity contribution is 0.100. The molecule has 0 aliphatic carbocycles. The van der Waals surface area contributed by atoms with Crippen LogP contribution in [0.15, 0.2) is 97.2 Å². The highest BCUT2D eigenvalue weighted by Gasteiger charge is 2.22. The fourth-order valence-corrected chi connectivity index (χ4v) is 5.18. The van der Waals surface area contributed by atoms with E-state index in [1.165, 1.54) is 16.6 Å². The zero-order valence-corrected chi connectivity index (χ0v) is 21.4. The van der Waals surface area contributed by atoms with Gasteiger partial charge in [-0.1, -0.05) is 67.6 Å². The first-order valence-corrected chi connectivity index (χ1v) is 13.1. The lowest BCUT2D eigenvalue weighted by Crippen LogP contribution is -2.33. The van der Waals surface area contributed by atoms with E-state index in [2.05, 4.69) is 29.5 Å². The number of amides is 1. The topological polar surface area (TPSA) is 78.3 Å². The van der Waals surface area contributed by atoms with Crippen molar-refractivity contribution in [1.29, 1.82) is 0 Å². The van der Waals surface area contributed by atoms with E-state index in [0.717, 1.165) is 27.5 Å². The Balaban J connectivity index is 1.49. The van der Waals surface area contributed by atoms with Crippen LogP contribution in [0.1, 0.15) is 34.1 Å². The van der Waals surface area contributed by atoms with Crippen LogP contribution in [0.25, 0.3) is 22.2 Å². The fourth-order valence-electron chi connectivity index (χ4n) is 4.62. The van der Waals surface area contributed by atoms with Gasteiger partial charge >= 0.3 is 0 Å². The summed E-state index contributed by atoms with van der Waals surface area (Å²) in [5.74, 6) is -0.604. The summed E-state index contributed by atoms with van der Waals surface area (Å²) in [4.78, 5) is 17.7. The van der Waals surface area contributed by atoms with Crippen molar-refractivity contribution in [2.24, 2.45) is 0 Å². The number of rotatable bonds is 7. The first-order valence-electron chi connectivity index (χ1n) is 12.1. The molecule has 6 nitrogen and oxygen atoms in total. The van der Waals surface area contributed by atoms with Crippen LogP contribution in [-0.2, 0) is 24.2 Å². The maximum absolute atomic E-state index is 13.1. The van der Waals surface area contributed by atoms with Crippen LogP contribution in [0.4, 0.5) is 5.69 Å². The maximum Gasteiger partial charge on any atom is 0.269 e. The van der Waals surface area contributed by atoms with Gasteiger partial charge in [0.2, 0.25) is 0 Å². The molecule has 186 valence electrons. The van der Waals surface area contributed by atoms with Crippen LogP contribution in [0.5, 0.6) is 0 Å². The molecule has 0 spiro atoms. The summed E-state index contributed by atoms with van der Waals surface area (Å²) in [6.45, 7) is 4.91. The average molecular weight is 509 g/mol. The molecule has 0 saturated carbocycles. The van der Waals surface area contributed by atoms with Gasteiger partial charge in [0.1, 0.15) is 5.65 Å². The summed E-state index contributed by atoms with van der Waals surface area (Å²) in [5, 5.41) is 1.17. The number of hydrogen-bond acceptors (Lipinski definition) is 4. The SMILES string of the molecule is CCc1cc2c(C)ccnc2n1Cc1ccc(-c2ccccc2N(C(=O)c2ccccc2)S(=O)[O-])cc1. The Morgan fingerprint density at radius 2 is 1.68 bits per heavy atom. The molecule has 37 heavy (non-hydrogen) atoms. The molecule has 7 heteroatoms. The number of carbonyl (C=O) groups excluding carboxylic acids is 1. The van der Waals surface area contributed by atoms with E-state index in [1.807, 2.05) is 48.7 Å². The first-order chi connectivity index (χ1) is 18.0. The van der Waals surface area contributed by atoms with Crippen molar-refractivity contribution in [2.45, 2.75) is 26.8 Å². The Hall–Kier alpha value is -4.07. The fraction of sp³-hybridized carbons (Fsp3) is 0.133. The second-order valence-electron chi connectivity index (χ2n) is 8.84. The van der Waals surface area contributed by atoms with E-state index in [4.69, 9.17) is 0 Å². The molecule has 0 bridgehead atoms. The highest BCUT2D eigenvalue weighted by molar-refractivity contribution is 7.81. The summed E-state index contributed by atoms with van der Waals surface area (Å²) in [6, 6.07) is 27.7. The Kier molecular flexibility index (Phi) is 6.99. The molecular weight excluding hydrogens is 482 g/mol.